The molecule has 2 aromatic heterocycles. The first-order chi connectivity index (χ1) is 14.0. The smallest absolute Gasteiger partial charge is 0.311 e. The van der Waals surface area contributed by atoms with Gasteiger partial charge in [0.15, 0.2) is 5.22 Å². The lowest BCUT2D eigenvalue weighted by Gasteiger charge is -2.32. The Morgan fingerprint density at radius 2 is 2.00 bits per heavy atom. The number of aromatic nitrogens is 1. The maximum absolute atomic E-state index is 13.7. The Balaban J connectivity index is 1.37. The second-order valence-corrected chi connectivity index (χ2v) is 7.39. The van der Waals surface area contributed by atoms with Crippen LogP contribution in [0, 0.1) is 5.82 Å². The molecule has 1 aliphatic rings. The highest BCUT2D eigenvalue weighted by atomic mass is 35.5. The van der Waals surface area contributed by atoms with Gasteiger partial charge in [-0.2, -0.15) is 0 Å². The standard InChI is InChI=1S/C21H19ClFN3O3/c22-19-4-2-15(29-19)12-25-20(27)21(28)26-9-6-13(7-10-26)16-5-8-24-18-3-1-14(23)11-17(16)18/h1-5,8,11,13H,6-7,9-10,12H2,(H,25,27). The van der Waals surface area contributed by atoms with Crippen molar-refractivity contribution in [3.63, 3.8) is 0 Å². The number of halogens is 2. The van der Waals surface area contributed by atoms with Crippen LogP contribution >= 0.6 is 11.6 Å². The first-order valence-corrected chi connectivity index (χ1v) is 9.74. The van der Waals surface area contributed by atoms with Gasteiger partial charge in [-0.05, 0) is 72.3 Å². The number of nitrogens with zero attached hydrogens (tertiary/aromatic N) is 2. The zero-order chi connectivity index (χ0) is 20.4. The van der Waals surface area contributed by atoms with Crippen molar-refractivity contribution in [1.29, 1.82) is 0 Å². The van der Waals surface area contributed by atoms with Gasteiger partial charge in [0.2, 0.25) is 0 Å². The molecule has 3 aromatic rings. The van der Waals surface area contributed by atoms with E-state index >= 15 is 0 Å². The topological polar surface area (TPSA) is 75.4 Å². The van der Waals surface area contributed by atoms with Gasteiger partial charge in [-0.25, -0.2) is 4.39 Å². The van der Waals surface area contributed by atoms with E-state index in [1.165, 1.54) is 12.1 Å². The van der Waals surface area contributed by atoms with Gasteiger partial charge >= 0.3 is 11.8 Å². The van der Waals surface area contributed by atoms with Crippen LogP contribution in [0.5, 0.6) is 0 Å². The van der Waals surface area contributed by atoms with Gasteiger partial charge in [-0.1, -0.05) is 0 Å². The number of amides is 2. The molecule has 0 bridgehead atoms. The number of hydrogen-bond donors (Lipinski definition) is 1. The van der Waals surface area contributed by atoms with Crippen LogP contribution in [0.3, 0.4) is 0 Å². The van der Waals surface area contributed by atoms with Crippen molar-refractivity contribution in [3.05, 3.63) is 65.0 Å². The van der Waals surface area contributed by atoms with Gasteiger partial charge in [0.1, 0.15) is 11.6 Å². The number of pyridine rings is 1. The Bertz CT molecular complexity index is 1060. The zero-order valence-corrected chi connectivity index (χ0v) is 16.3. The molecule has 1 fully saturated rings. The first kappa shape index (κ1) is 19.4. The summed E-state index contributed by atoms with van der Waals surface area (Å²) in [4.78, 5) is 30.4. The molecule has 1 saturated heterocycles. The number of rotatable bonds is 3. The van der Waals surface area contributed by atoms with Crippen LogP contribution in [0.2, 0.25) is 5.22 Å². The number of hydrogen-bond acceptors (Lipinski definition) is 4. The van der Waals surface area contributed by atoms with Crippen molar-refractivity contribution in [2.24, 2.45) is 0 Å². The minimum atomic E-state index is -0.674. The van der Waals surface area contributed by atoms with Crippen molar-refractivity contribution < 1.29 is 18.4 Å². The molecule has 0 spiro atoms. The Labute approximate surface area is 171 Å². The van der Waals surface area contributed by atoms with Gasteiger partial charge in [-0.3, -0.25) is 14.6 Å². The van der Waals surface area contributed by atoms with Gasteiger partial charge in [0, 0.05) is 24.7 Å². The van der Waals surface area contributed by atoms with E-state index in [1.807, 2.05) is 6.07 Å². The van der Waals surface area contributed by atoms with Crippen molar-refractivity contribution in [3.8, 4) is 0 Å². The van der Waals surface area contributed by atoms with Crippen LogP contribution in [0.1, 0.15) is 30.1 Å². The molecule has 4 rings (SSSR count). The number of furan rings is 1. The summed E-state index contributed by atoms with van der Waals surface area (Å²) in [7, 11) is 0. The summed E-state index contributed by atoms with van der Waals surface area (Å²) >= 11 is 5.69. The number of benzene rings is 1. The Morgan fingerprint density at radius 1 is 1.21 bits per heavy atom. The van der Waals surface area contributed by atoms with E-state index in [4.69, 9.17) is 16.0 Å². The van der Waals surface area contributed by atoms with Crippen LogP contribution in [0.25, 0.3) is 10.9 Å². The van der Waals surface area contributed by atoms with Crippen molar-refractivity contribution in [2.45, 2.75) is 25.3 Å². The van der Waals surface area contributed by atoms with E-state index < -0.39 is 11.8 Å². The fourth-order valence-corrected chi connectivity index (χ4v) is 3.88. The lowest BCUT2D eigenvalue weighted by Crippen LogP contribution is -2.46. The third kappa shape index (κ3) is 4.24. The second-order valence-electron chi connectivity index (χ2n) is 7.02. The molecule has 0 saturated carbocycles. The Morgan fingerprint density at radius 3 is 2.72 bits per heavy atom. The molecular formula is C21H19ClFN3O3. The van der Waals surface area contributed by atoms with E-state index in [1.54, 1.807) is 29.3 Å². The van der Waals surface area contributed by atoms with E-state index in [0.717, 1.165) is 16.5 Å². The third-order valence-corrected chi connectivity index (χ3v) is 5.41. The molecule has 6 nitrogen and oxygen atoms in total. The van der Waals surface area contributed by atoms with Crippen molar-refractivity contribution in [2.75, 3.05) is 13.1 Å². The second kappa shape index (κ2) is 8.21. The number of nitrogens with one attached hydrogen (secondary N) is 1. The molecule has 0 radical (unpaired) electrons. The summed E-state index contributed by atoms with van der Waals surface area (Å²) in [5, 5.41) is 3.58. The fraction of sp³-hybridized carbons (Fsp3) is 0.286. The maximum Gasteiger partial charge on any atom is 0.311 e. The molecule has 0 atom stereocenters. The minimum absolute atomic E-state index is 0.0995. The molecular weight excluding hydrogens is 397 g/mol. The van der Waals surface area contributed by atoms with Gasteiger partial charge in [0.25, 0.3) is 0 Å². The van der Waals surface area contributed by atoms with Crippen LogP contribution in [-0.2, 0) is 16.1 Å². The highest BCUT2D eigenvalue weighted by molar-refractivity contribution is 6.35. The molecule has 3 heterocycles. The van der Waals surface area contributed by atoms with Crippen molar-refractivity contribution >= 4 is 34.3 Å². The van der Waals surface area contributed by atoms with E-state index in [9.17, 15) is 14.0 Å². The molecule has 0 aliphatic carbocycles. The van der Waals surface area contributed by atoms with Gasteiger partial charge < -0.3 is 14.6 Å². The molecule has 1 N–H and O–H groups in total. The summed E-state index contributed by atoms with van der Waals surface area (Å²) < 4.78 is 18.9. The lowest BCUT2D eigenvalue weighted by molar-refractivity contribution is -0.146. The molecule has 0 unspecified atom stereocenters. The van der Waals surface area contributed by atoms with Crippen LogP contribution < -0.4 is 5.32 Å². The highest BCUT2D eigenvalue weighted by Gasteiger charge is 2.28. The Kier molecular flexibility index (Phi) is 5.49. The van der Waals surface area contributed by atoms with Crippen LogP contribution in [0.4, 0.5) is 4.39 Å². The average Bonchev–Trinajstić information content (AvgIpc) is 3.16. The molecule has 150 valence electrons. The summed E-state index contributed by atoms with van der Waals surface area (Å²) in [6, 6.07) is 9.69. The van der Waals surface area contributed by atoms with E-state index in [2.05, 4.69) is 10.3 Å². The monoisotopic (exact) mass is 415 g/mol. The van der Waals surface area contributed by atoms with Gasteiger partial charge in [-0.15, -0.1) is 0 Å². The third-order valence-electron chi connectivity index (χ3n) is 5.21. The summed E-state index contributed by atoms with van der Waals surface area (Å²) in [6.07, 6.45) is 3.12. The predicted molar refractivity (Wildman–Crippen MR) is 106 cm³/mol. The molecule has 1 aromatic carbocycles. The molecule has 29 heavy (non-hydrogen) atoms. The molecule has 1 aliphatic heterocycles. The number of carbonyl (C=O) groups is 2. The number of likely N-dealkylation sites (tertiary alicyclic amines) is 1. The lowest BCUT2D eigenvalue weighted by atomic mass is 9.87. The SMILES string of the molecule is O=C(NCc1ccc(Cl)o1)C(=O)N1CCC(c2ccnc3ccc(F)cc23)CC1. The number of carbonyl (C=O) groups excluding carboxylic acids is 2. The quantitative estimate of drug-likeness (QED) is 0.662. The number of fused-ring (bicyclic) bond motifs is 1. The van der Waals surface area contributed by atoms with Crippen molar-refractivity contribution in [1.82, 2.24) is 15.2 Å². The summed E-state index contributed by atoms with van der Waals surface area (Å²) in [5.74, 6) is -0.876. The minimum Gasteiger partial charge on any atom is -0.448 e. The predicted octanol–water partition coefficient (Wildman–Crippen LogP) is 3.64. The normalized spacial score (nSPS) is 14.9. The number of piperidine rings is 1. The van der Waals surface area contributed by atoms with Crippen LogP contribution in [0.15, 0.2) is 47.0 Å². The summed E-state index contributed by atoms with van der Waals surface area (Å²) in [5.41, 5.74) is 1.78. The van der Waals surface area contributed by atoms with E-state index in [-0.39, 0.29) is 23.5 Å². The average molecular weight is 416 g/mol. The fourth-order valence-electron chi connectivity index (χ4n) is 3.72. The first-order valence-electron chi connectivity index (χ1n) is 9.37. The van der Waals surface area contributed by atoms with Crippen LogP contribution in [-0.4, -0.2) is 34.8 Å². The highest BCUT2D eigenvalue weighted by Crippen LogP contribution is 2.32. The Hall–Kier alpha value is -2.93. The van der Waals surface area contributed by atoms with Gasteiger partial charge in [0.05, 0.1) is 12.1 Å². The molecule has 8 heteroatoms. The zero-order valence-electron chi connectivity index (χ0n) is 15.5. The largest absolute Gasteiger partial charge is 0.448 e. The maximum atomic E-state index is 13.7. The van der Waals surface area contributed by atoms with E-state index in [0.29, 0.717) is 31.7 Å². The summed E-state index contributed by atoms with van der Waals surface area (Å²) in [6.45, 7) is 1.02. The molecule has 2 amide bonds.